The van der Waals surface area contributed by atoms with E-state index in [9.17, 15) is 18.0 Å². The molecule has 10 nitrogen and oxygen atoms in total. The smallest absolute Gasteiger partial charge is 0.412 e. The standard InChI is InChI=1S/C25H27N5O5S/c1-25(2,3)35-23(31)27-19-11-8-12-20(13-19)30-21-18(14-26-22(28-21)36(4,33)34)16-29(24(30)32)15-17-9-6-5-7-10-17/h5-14H,15-16H2,1-4H3,(H,27,31). The number of urea groups is 1. The molecule has 0 atom stereocenters. The van der Waals surface area contributed by atoms with Crippen LogP contribution in [0.1, 0.15) is 31.9 Å². The normalized spacial score (nSPS) is 13.8. The summed E-state index contributed by atoms with van der Waals surface area (Å²) in [6.07, 6.45) is 1.80. The Kier molecular flexibility index (Phi) is 6.68. The van der Waals surface area contributed by atoms with Crippen LogP contribution >= 0.6 is 0 Å². The fraction of sp³-hybridized carbons (Fsp3) is 0.280. The minimum absolute atomic E-state index is 0.175. The third kappa shape index (κ3) is 5.80. The number of sulfone groups is 1. The highest BCUT2D eigenvalue weighted by Gasteiger charge is 2.34. The van der Waals surface area contributed by atoms with E-state index in [-0.39, 0.29) is 23.6 Å². The van der Waals surface area contributed by atoms with Gasteiger partial charge in [0, 0.05) is 30.2 Å². The maximum Gasteiger partial charge on any atom is 0.412 e. The van der Waals surface area contributed by atoms with Gasteiger partial charge in [0.05, 0.1) is 12.2 Å². The SMILES string of the molecule is CC(C)(C)OC(=O)Nc1cccc(N2C(=O)N(Cc3ccccc3)Cc3cnc(S(C)(=O)=O)nc32)c1. The number of nitrogens with one attached hydrogen (secondary N) is 1. The molecule has 188 valence electrons. The Morgan fingerprint density at radius 1 is 1.11 bits per heavy atom. The molecule has 4 rings (SSSR count). The summed E-state index contributed by atoms with van der Waals surface area (Å²) < 4.78 is 29.6. The van der Waals surface area contributed by atoms with E-state index in [2.05, 4.69) is 15.3 Å². The monoisotopic (exact) mass is 509 g/mol. The van der Waals surface area contributed by atoms with Crippen LogP contribution in [0.2, 0.25) is 0 Å². The number of fused-ring (bicyclic) bond motifs is 1. The lowest BCUT2D eigenvalue weighted by atomic mass is 10.1. The van der Waals surface area contributed by atoms with E-state index in [1.807, 2.05) is 30.3 Å². The number of benzene rings is 2. The van der Waals surface area contributed by atoms with Crippen molar-refractivity contribution in [3.05, 3.63) is 71.9 Å². The second-order valence-corrected chi connectivity index (χ2v) is 11.3. The minimum atomic E-state index is -3.71. The molecular weight excluding hydrogens is 482 g/mol. The number of hydrogen-bond acceptors (Lipinski definition) is 7. The van der Waals surface area contributed by atoms with E-state index in [0.29, 0.717) is 23.5 Å². The van der Waals surface area contributed by atoms with Gasteiger partial charge in [0.1, 0.15) is 5.60 Å². The molecule has 0 spiro atoms. The summed E-state index contributed by atoms with van der Waals surface area (Å²) in [5.74, 6) is 0.175. The van der Waals surface area contributed by atoms with E-state index in [4.69, 9.17) is 4.74 Å². The van der Waals surface area contributed by atoms with Crippen LogP contribution in [0.4, 0.5) is 26.8 Å². The Bertz CT molecular complexity index is 1400. The minimum Gasteiger partial charge on any atom is -0.444 e. The van der Waals surface area contributed by atoms with E-state index in [1.165, 1.54) is 11.1 Å². The van der Waals surface area contributed by atoms with Crippen molar-refractivity contribution in [1.82, 2.24) is 14.9 Å². The fourth-order valence-electron chi connectivity index (χ4n) is 3.68. The first-order valence-corrected chi connectivity index (χ1v) is 13.1. The Morgan fingerprint density at radius 2 is 1.83 bits per heavy atom. The summed E-state index contributed by atoms with van der Waals surface area (Å²) in [4.78, 5) is 37.2. The molecular formula is C25H27N5O5S. The number of aromatic nitrogens is 2. The number of rotatable bonds is 5. The molecule has 2 heterocycles. The third-order valence-electron chi connectivity index (χ3n) is 5.15. The highest BCUT2D eigenvalue weighted by atomic mass is 32.2. The third-order valence-corrected chi connectivity index (χ3v) is 6.01. The summed E-state index contributed by atoms with van der Waals surface area (Å²) in [5, 5.41) is 2.29. The Hall–Kier alpha value is -3.99. The predicted molar refractivity (Wildman–Crippen MR) is 135 cm³/mol. The quantitative estimate of drug-likeness (QED) is 0.503. The number of hydrogen-bond donors (Lipinski definition) is 1. The number of ether oxygens (including phenoxy) is 1. The zero-order valence-electron chi connectivity index (χ0n) is 20.4. The van der Waals surface area contributed by atoms with Gasteiger partial charge in [-0.25, -0.2) is 27.9 Å². The van der Waals surface area contributed by atoms with Crippen LogP contribution in [0.25, 0.3) is 0 Å². The van der Waals surface area contributed by atoms with Crippen molar-refractivity contribution in [2.24, 2.45) is 0 Å². The molecule has 0 fully saturated rings. The van der Waals surface area contributed by atoms with Crippen molar-refractivity contribution in [3.8, 4) is 0 Å². The maximum atomic E-state index is 13.7. The molecule has 36 heavy (non-hydrogen) atoms. The van der Waals surface area contributed by atoms with Crippen LogP contribution in [-0.4, -0.2) is 47.3 Å². The molecule has 1 aliphatic rings. The number of amides is 3. The summed E-state index contributed by atoms with van der Waals surface area (Å²) in [6, 6.07) is 15.7. The van der Waals surface area contributed by atoms with Gasteiger partial charge in [-0.15, -0.1) is 0 Å². The number of carbonyl (C=O) groups excluding carboxylic acids is 2. The van der Waals surface area contributed by atoms with Crippen molar-refractivity contribution in [2.75, 3.05) is 16.5 Å². The molecule has 2 aromatic carbocycles. The maximum absolute atomic E-state index is 13.7. The highest BCUT2D eigenvalue weighted by Crippen LogP contribution is 2.35. The molecule has 0 bridgehead atoms. The number of anilines is 3. The molecule has 11 heteroatoms. The zero-order valence-corrected chi connectivity index (χ0v) is 21.2. The van der Waals surface area contributed by atoms with Crippen molar-refractivity contribution in [2.45, 2.75) is 44.6 Å². The molecule has 0 saturated carbocycles. The lowest BCUT2D eigenvalue weighted by Gasteiger charge is -2.36. The lowest BCUT2D eigenvalue weighted by Crippen LogP contribution is -2.45. The molecule has 1 aromatic heterocycles. The molecule has 3 amide bonds. The average Bonchev–Trinajstić information content (AvgIpc) is 2.78. The number of nitrogens with zero attached hydrogens (tertiary/aromatic N) is 4. The molecule has 0 aliphatic carbocycles. The summed E-state index contributed by atoms with van der Waals surface area (Å²) in [7, 11) is -3.71. The average molecular weight is 510 g/mol. The summed E-state index contributed by atoms with van der Waals surface area (Å²) in [6.45, 7) is 5.81. The fourth-order valence-corrected chi connectivity index (χ4v) is 4.17. The predicted octanol–water partition coefficient (Wildman–Crippen LogP) is 4.50. The zero-order chi connectivity index (χ0) is 26.1. The van der Waals surface area contributed by atoms with Gasteiger partial charge in [0.25, 0.3) is 0 Å². The highest BCUT2D eigenvalue weighted by molar-refractivity contribution is 7.90. The first-order valence-electron chi connectivity index (χ1n) is 11.2. The topological polar surface area (TPSA) is 122 Å². The summed E-state index contributed by atoms with van der Waals surface area (Å²) >= 11 is 0. The van der Waals surface area contributed by atoms with Crippen molar-refractivity contribution in [3.63, 3.8) is 0 Å². The van der Waals surface area contributed by atoms with Gasteiger partial charge < -0.3 is 9.64 Å². The van der Waals surface area contributed by atoms with Crippen LogP contribution in [0.15, 0.2) is 66.0 Å². The van der Waals surface area contributed by atoms with Gasteiger partial charge in [0.2, 0.25) is 15.0 Å². The Balaban J connectivity index is 1.74. The van der Waals surface area contributed by atoms with Crippen molar-refractivity contribution >= 4 is 39.2 Å². The van der Waals surface area contributed by atoms with E-state index >= 15 is 0 Å². The molecule has 1 aliphatic heterocycles. The largest absolute Gasteiger partial charge is 0.444 e. The molecule has 0 radical (unpaired) electrons. The first-order chi connectivity index (χ1) is 16.9. The van der Waals surface area contributed by atoms with Gasteiger partial charge in [0.15, 0.2) is 5.82 Å². The van der Waals surface area contributed by atoms with Crippen LogP contribution in [0.5, 0.6) is 0 Å². The Labute approximate surface area is 209 Å². The lowest BCUT2D eigenvalue weighted by molar-refractivity contribution is 0.0636. The van der Waals surface area contributed by atoms with Gasteiger partial charge in [-0.3, -0.25) is 5.32 Å². The van der Waals surface area contributed by atoms with Gasteiger partial charge >= 0.3 is 12.1 Å². The first kappa shape index (κ1) is 25.1. The molecule has 1 N–H and O–H groups in total. The van der Waals surface area contributed by atoms with E-state index in [1.54, 1.807) is 49.9 Å². The van der Waals surface area contributed by atoms with Crippen LogP contribution < -0.4 is 10.2 Å². The summed E-state index contributed by atoms with van der Waals surface area (Å²) in [5.41, 5.74) is 1.63. The van der Waals surface area contributed by atoms with Gasteiger partial charge in [-0.1, -0.05) is 36.4 Å². The number of carbonyl (C=O) groups is 2. The van der Waals surface area contributed by atoms with Crippen LogP contribution in [-0.2, 0) is 27.7 Å². The van der Waals surface area contributed by atoms with Crippen LogP contribution in [0, 0.1) is 0 Å². The van der Waals surface area contributed by atoms with Crippen molar-refractivity contribution in [1.29, 1.82) is 0 Å². The second kappa shape index (κ2) is 9.57. The van der Waals surface area contributed by atoms with E-state index < -0.39 is 21.5 Å². The van der Waals surface area contributed by atoms with E-state index in [0.717, 1.165) is 11.8 Å². The van der Waals surface area contributed by atoms with Crippen molar-refractivity contribution < 1.29 is 22.7 Å². The molecule has 3 aromatic rings. The van der Waals surface area contributed by atoms with Gasteiger partial charge in [-0.2, -0.15) is 4.98 Å². The molecule has 0 saturated heterocycles. The van der Waals surface area contributed by atoms with Gasteiger partial charge in [-0.05, 0) is 44.5 Å². The molecule has 0 unspecified atom stereocenters. The van der Waals surface area contributed by atoms with Crippen LogP contribution in [0.3, 0.4) is 0 Å². The second-order valence-electron chi connectivity index (χ2n) is 9.41. The Morgan fingerprint density at radius 3 is 2.50 bits per heavy atom.